The average Bonchev–Trinajstić information content (AvgIpc) is 2.28. The lowest BCUT2D eigenvalue weighted by atomic mass is 10.1. The summed E-state index contributed by atoms with van der Waals surface area (Å²) in [5.74, 6) is -0.579. The smallest absolute Gasteiger partial charge is 0.255 e. The highest BCUT2D eigenvalue weighted by atomic mass is 79.9. The van der Waals surface area contributed by atoms with Gasteiger partial charge in [0.1, 0.15) is 5.82 Å². The van der Waals surface area contributed by atoms with Crippen molar-refractivity contribution in [1.82, 2.24) is 4.90 Å². The Bertz CT molecular complexity index is 409. The van der Waals surface area contributed by atoms with Gasteiger partial charge in [-0.05, 0) is 41.9 Å². The molecule has 0 unspecified atom stereocenters. The van der Waals surface area contributed by atoms with Gasteiger partial charge in [0.2, 0.25) is 0 Å². The topological polar surface area (TPSA) is 20.3 Å². The fourth-order valence-corrected chi connectivity index (χ4v) is 2.32. The highest BCUT2D eigenvalue weighted by molar-refractivity contribution is 9.10. The predicted molar refractivity (Wildman–Crippen MR) is 74.1 cm³/mol. The highest BCUT2D eigenvalue weighted by Gasteiger charge is 2.21. The van der Waals surface area contributed by atoms with E-state index >= 15 is 0 Å². The Balaban J connectivity index is 3.05. The summed E-state index contributed by atoms with van der Waals surface area (Å²) in [6, 6.07) is 4.57. The van der Waals surface area contributed by atoms with Crippen LogP contribution in [0.2, 0.25) is 0 Å². The van der Waals surface area contributed by atoms with E-state index in [0.717, 1.165) is 0 Å². The minimum atomic E-state index is -0.418. The molecule has 0 aliphatic heterocycles. The molecule has 1 aromatic rings. The summed E-state index contributed by atoms with van der Waals surface area (Å²) >= 11 is 6.43. The molecular formula is C12H14Br2FNO. The van der Waals surface area contributed by atoms with Gasteiger partial charge in [-0.15, -0.1) is 0 Å². The van der Waals surface area contributed by atoms with Crippen molar-refractivity contribution in [2.45, 2.75) is 19.9 Å². The summed E-state index contributed by atoms with van der Waals surface area (Å²) < 4.78 is 13.6. The Morgan fingerprint density at radius 3 is 2.65 bits per heavy atom. The van der Waals surface area contributed by atoms with Crippen molar-refractivity contribution in [2.75, 3.05) is 11.9 Å². The van der Waals surface area contributed by atoms with Crippen molar-refractivity contribution in [3.05, 3.63) is 34.1 Å². The van der Waals surface area contributed by atoms with Gasteiger partial charge < -0.3 is 4.90 Å². The molecule has 17 heavy (non-hydrogen) atoms. The van der Waals surface area contributed by atoms with Gasteiger partial charge in [-0.2, -0.15) is 0 Å². The molecule has 0 saturated carbocycles. The fraction of sp³-hybridized carbons (Fsp3) is 0.417. The van der Waals surface area contributed by atoms with Crippen LogP contribution in [0, 0.1) is 5.82 Å². The van der Waals surface area contributed by atoms with Crippen LogP contribution in [0.3, 0.4) is 0 Å². The molecule has 1 rings (SSSR count). The Morgan fingerprint density at radius 1 is 1.47 bits per heavy atom. The number of carbonyl (C=O) groups excluding carboxylic acids is 1. The molecule has 0 fully saturated rings. The molecule has 0 aliphatic rings. The number of carbonyl (C=O) groups is 1. The Labute approximate surface area is 117 Å². The SMILES string of the molecule is CC(C)N(CCBr)C(=O)c1cccc(F)c1Br. The van der Waals surface area contributed by atoms with E-state index in [9.17, 15) is 9.18 Å². The summed E-state index contributed by atoms with van der Waals surface area (Å²) in [7, 11) is 0. The number of halogens is 3. The third-order valence-electron chi connectivity index (χ3n) is 2.39. The lowest BCUT2D eigenvalue weighted by molar-refractivity contribution is 0.0718. The van der Waals surface area contributed by atoms with Crippen LogP contribution < -0.4 is 0 Å². The van der Waals surface area contributed by atoms with Gasteiger partial charge in [-0.25, -0.2) is 4.39 Å². The number of benzene rings is 1. The second-order valence-corrected chi connectivity index (χ2v) is 5.47. The average molecular weight is 367 g/mol. The zero-order valence-corrected chi connectivity index (χ0v) is 12.9. The van der Waals surface area contributed by atoms with Gasteiger partial charge in [-0.3, -0.25) is 4.79 Å². The van der Waals surface area contributed by atoms with Crippen LogP contribution in [-0.4, -0.2) is 28.7 Å². The predicted octanol–water partition coefficient (Wildman–Crippen LogP) is 3.83. The maximum Gasteiger partial charge on any atom is 0.255 e. The monoisotopic (exact) mass is 365 g/mol. The van der Waals surface area contributed by atoms with Gasteiger partial charge in [0.05, 0.1) is 10.0 Å². The van der Waals surface area contributed by atoms with Crippen molar-refractivity contribution < 1.29 is 9.18 Å². The molecule has 0 bridgehead atoms. The fourth-order valence-electron chi connectivity index (χ4n) is 1.51. The Hall–Kier alpha value is -0.420. The normalized spacial score (nSPS) is 10.7. The first kappa shape index (κ1) is 14.6. The molecule has 0 spiro atoms. The molecule has 5 heteroatoms. The number of amides is 1. The maximum absolute atomic E-state index is 13.4. The van der Waals surface area contributed by atoms with E-state index in [1.54, 1.807) is 17.0 Å². The molecular weight excluding hydrogens is 353 g/mol. The Kier molecular flexibility index (Phi) is 5.59. The molecule has 1 aromatic carbocycles. The van der Waals surface area contributed by atoms with Gasteiger partial charge in [-0.1, -0.05) is 22.0 Å². The summed E-state index contributed by atoms with van der Waals surface area (Å²) in [5, 5.41) is 0.698. The van der Waals surface area contributed by atoms with Gasteiger partial charge in [0, 0.05) is 17.9 Å². The van der Waals surface area contributed by atoms with Crippen molar-refractivity contribution in [2.24, 2.45) is 0 Å². The number of hydrogen-bond acceptors (Lipinski definition) is 1. The largest absolute Gasteiger partial charge is 0.335 e. The highest BCUT2D eigenvalue weighted by Crippen LogP contribution is 2.22. The molecule has 0 aromatic heterocycles. The minimum absolute atomic E-state index is 0.0789. The van der Waals surface area contributed by atoms with E-state index in [0.29, 0.717) is 17.4 Å². The number of alkyl halides is 1. The van der Waals surface area contributed by atoms with E-state index in [2.05, 4.69) is 31.9 Å². The summed E-state index contributed by atoms with van der Waals surface area (Å²) in [6.07, 6.45) is 0. The van der Waals surface area contributed by atoms with E-state index in [4.69, 9.17) is 0 Å². The van der Waals surface area contributed by atoms with Crippen molar-refractivity contribution >= 4 is 37.8 Å². The lowest BCUT2D eigenvalue weighted by Crippen LogP contribution is -2.38. The van der Waals surface area contributed by atoms with Crippen LogP contribution in [0.1, 0.15) is 24.2 Å². The number of hydrogen-bond donors (Lipinski definition) is 0. The van der Waals surface area contributed by atoms with E-state index < -0.39 is 5.82 Å². The molecule has 2 nitrogen and oxygen atoms in total. The van der Waals surface area contributed by atoms with Gasteiger partial charge in [0.15, 0.2) is 0 Å². The summed E-state index contributed by atoms with van der Waals surface area (Å²) in [4.78, 5) is 14.0. The van der Waals surface area contributed by atoms with Crippen molar-refractivity contribution in [3.63, 3.8) is 0 Å². The zero-order valence-electron chi connectivity index (χ0n) is 9.71. The summed E-state index contributed by atoms with van der Waals surface area (Å²) in [5.41, 5.74) is 0.361. The van der Waals surface area contributed by atoms with Crippen LogP contribution in [-0.2, 0) is 0 Å². The van der Waals surface area contributed by atoms with Crippen LogP contribution in [0.25, 0.3) is 0 Å². The van der Waals surface area contributed by atoms with Crippen LogP contribution in [0.5, 0.6) is 0 Å². The third kappa shape index (κ3) is 3.52. The zero-order chi connectivity index (χ0) is 13.0. The quantitative estimate of drug-likeness (QED) is 0.741. The third-order valence-corrected chi connectivity index (χ3v) is 3.55. The van der Waals surface area contributed by atoms with Crippen LogP contribution in [0.15, 0.2) is 22.7 Å². The second-order valence-electron chi connectivity index (χ2n) is 3.88. The first-order chi connectivity index (χ1) is 7.99. The first-order valence-electron chi connectivity index (χ1n) is 5.30. The maximum atomic E-state index is 13.4. The molecule has 94 valence electrons. The molecule has 0 heterocycles. The minimum Gasteiger partial charge on any atom is -0.335 e. The van der Waals surface area contributed by atoms with Crippen LogP contribution >= 0.6 is 31.9 Å². The molecule has 0 saturated heterocycles. The summed E-state index contributed by atoms with van der Waals surface area (Å²) in [6.45, 7) is 4.47. The second kappa shape index (κ2) is 6.50. The molecule has 0 atom stereocenters. The number of rotatable bonds is 4. The molecule has 0 aliphatic carbocycles. The van der Waals surface area contributed by atoms with Gasteiger partial charge >= 0.3 is 0 Å². The van der Waals surface area contributed by atoms with E-state index in [-0.39, 0.29) is 16.4 Å². The lowest BCUT2D eigenvalue weighted by Gasteiger charge is -2.26. The number of nitrogens with zero attached hydrogens (tertiary/aromatic N) is 1. The van der Waals surface area contributed by atoms with Crippen molar-refractivity contribution in [3.8, 4) is 0 Å². The first-order valence-corrected chi connectivity index (χ1v) is 7.21. The molecule has 0 N–H and O–H groups in total. The van der Waals surface area contributed by atoms with Crippen LogP contribution in [0.4, 0.5) is 4.39 Å². The molecule has 0 radical (unpaired) electrons. The standard InChI is InChI=1S/C12H14Br2FNO/c1-8(2)16(7-6-13)12(17)9-4-3-5-10(15)11(9)14/h3-5,8H,6-7H2,1-2H3. The van der Waals surface area contributed by atoms with E-state index in [1.807, 2.05) is 13.8 Å². The Morgan fingerprint density at radius 2 is 2.12 bits per heavy atom. The van der Waals surface area contributed by atoms with Crippen molar-refractivity contribution in [1.29, 1.82) is 0 Å². The molecule has 1 amide bonds. The van der Waals surface area contributed by atoms with Gasteiger partial charge in [0.25, 0.3) is 5.91 Å². The van der Waals surface area contributed by atoms with E-state index in [1.165, 1.54) is 6.07 Å².